The number of nitrogens with zero attached hydrogens (tertiary/aromatic N) is 2. The molecule has 0 N–H and O–H groups in total. The van der Waals surface area contributed by atoms with Crippen molar-refractivity contribution in [1.82, 2.24) is 9.97 Å². The zero-order valence-corrected chi connectivity index (χ0v) is 15.7. The van der Waals surface area contributed by atoms with Crippen molar-refractivity contribution < 1.29 is 0 Å². The lowest BCUT2D eigenvalue weighted by molar-refractivity contribution is 0.307. The van der Waals surface area contributed by atoms with Gasteiger partial charge in [-0.15, -0.1) is 0 Å². The van der Waals surface area contributed by atoms with Crippen LogP contribution in [0.25, 0.3) is 0 Å². The van der Waals surface area contributed by atoms with Crippen LogP contribution >= 0.6 is 11.6 Å². The van der Waals surface area contributed by atoms with Gasteiger partial charge in [0.1, 0.15) is 5.82 Å². The van der Waals surface area contributed by atoms with E-state index in [1.54, 1.807) is 5.54 Å². The Labute approximate surface area is 152 Å². The van der Waals surface area contributed by atoms with Gasteiger partial charge in [0, 0.05) is 23.8 Å². The van der Waals surface area contributed by atoms with E-state index in [0.717, 1.165) is 11.7 Å². The van der Waals surface area contributed by atoms with Gasteiger partial charge in [-0.1, -0.05) is 37.4 Å². The van der Waals surface area contributed by atoms with Gasteiger partial charge in [-0.25, -0.2) is 9.97 Å². The van der Waals surface area contributed by atoms with E-state index in [1.165, 1.54) is 69.8 Å². The summed E-state index contributed by atoms with van der Waals surface area (Å²) < 4.78 is 0. The minimum Gasteiger partial charge on any atom is -0.241 e. The molecule has 1 heterocycles. The summed E-state index contributed by atoms with van der Waals surface area (Å²) in [5.74, 6) is 3.91. The van der Waals surface area contributed by atoms with Crippen LogP contribution in [0, 0.1) is 11.8 Å². The van der Waals surface area contributed by atoms with Crippen LogP contribution < -0.4 is 0 Å². The number of rotatable bonds is 5. The van der Waals surface area contributed by atoms with Gasteiger partial charge in [-0.05, 0) is 74.7 Å². The Kier molecular flexibility index (Phi) is 6.71. The fraction of sp³-hybridized carbons (Fsp3) is 0.714. The average molecular weight is 347 g/mol. The predicted molar refractivity (Wildman–Crippen MR) is 101 cm³/mol. The first kappa shape index (κ1) is 17.9. The molecule has 0 spiro atoms. The normalized spacial score (nSPS) is 31.4. The molecule has 2 fully saturated rings. The first-order valence-electron chi connectivity index (χ1n) is 9.88. The van der Waals surface area contributed by atoms with Gasteiger partial charge >= 0.3 is 0 Å². The molecule has 0 bridgehead atoms. The van der Waals surface area contributed by atoms with E-state index in [-0.39, 0.29) is 0 Å². The van der Waals surface area contributed by atoms with Crippen molar-refractivity contribution in [3.8, 4) is 0 Å². The van der Waals surface area contributed by atoms with Crippen LogP contribution in [0.2, 0.25) is 0 Å². The molecule has 2 aliphatic carbocycles. The number of hydrogen-bond acceptors (Lipinski definition) is 2. The summed E-state index contributed by atoms with van der Waals surface area (Å²) in [6.45, 7) is 2.30. The summed E-state index contributed by atoms with van der Waals surface area (Å²) in [4.78, 5) is 9.50. The molecular formula is C21H31ClN2. The lowest BCUT2D eigenvalue weighted by Gasteiger charge is -2.29. The van der Waals surface area contributed by atoms with Crippen molar-refractivity contribution in [2.75, 3.05) is 0 Å². The number of hydrogen-bond donors (Lipinski definition) is 0. The molecule has 2 saturated carbocycles. The maximum absolute atomic E-state index is 5.70. The monoisotopic (exact) mass is 346 g/mol. The average Bonchev–Trinajstić information content (AvgIpc) is 2.64. The minimum atomic E-state index is 0.541. The minimum absolute atomic E-state index is 0.541. The van der Waals surface area contributed by atoms with E-state index in [4.69, 9.17) is 21.6 Å². The first-order chi connectivity index (χ1) is 11.8. The van der Waals surface area contributed by atoms with Crippen LogP contribution in [0.4, 0.5) is 0 Å². The first-order valence-corrected chi connectivity index (χ1v) is 10.3. The van der Waals surface area contributed by atoms with Gasteiger partial charge in [0.05, 0.1) is 0 Å². The largest absolute Gasteiger partial charge is 0.241 e. The van der Waals surface area contributed by atoms with E-state index >= 15 is 0 Å². The third-order valence-electron chi connectivity index (χ3n) is 6.19. The highest BCUT2D eigenvalue weighted by Crippen LogP contribution is 2.38. The smallest absolute Gasteiger partial charge is 0.131 e. The van der Waals surface area contributed by atoms with Gasteiger partial charge in [0.2, 0.25) is 0 Å². The van der Waals surface area contributed by atoms with Crippen molar-refractivity contribution >= 4 is 11.6 Å². The molecule has 0 atom stereocenters. The zero-order valence-electron chi connectivity index (χ0n) is 15.0. The molecule has 24 heavy (non-hydrogen) atoms. The highest BCUT2D eigenvalue weighted by Gasteiger charge is 2.25. The fourth-order valence-corrected chi connectivity index (χ4v) is 4.84. The van der Waals surface area contributed by atoms with Gasteiger partial charge < -0.3 is 0 Å². The van der Waals surface area contributed by atoms with E-state index in [2.05, 4.69) is 25.4 Å². The highest BCUT2D eigenvalue weighted by molar-refractivity contribution is 6.25. The second-order valence-electron chi connectivity index (χ2n) is 7.81. The molecule has 2 nitrogen and oxygen atoms in total. The molecule has 0 aromatic carbocycles. The molecule has 0 radical (unpaired) electrons. The molecule has 0 amide bonds. The lowest BCUT2D eigenvalue weighted by Crippen LogP contribution is -2.16. The van der Waals surface area contributed by atoms with Crippen LogP contribution in [-0.4, -0.2) is 9.97 Å². The predicted octanol–water partition coefficient (Wildman–Crippen LogP) is 6.58. The second kappa shape index (κ2) is 8.99. The third-order valence-corrected chi connectivity index (χ3v) is 6.33. The summed E-state index contributed by atoms with van der Waals surface area (Å²) in [6.07, 6.45) is 19.3. The van der Waals surface area contributed by atoms with Crippen LogP contribution in [0.15, 0.2) is 24.0 Å². The second-order valence-corrected chi connectivity index (χ2v) is 8.06. The third kappa shape index (κ3) is 4.59. The molecule has 3 heteroatoms. The quantitative estimate of drug-likeness (QED) is 0.602. The Morgan fingerprint density at radius 2 is 1.58 bits per heavy atom. The standard InChI is InChI=1S/C21H31ClN2/c1-2-3-16-4-8-18(9-5-16)20-14-23-21(24-15-20)19-10-6-17(7-11-19)12-13-22/h12-19H,2-11H2,1H3/b13-12+. The summed E-state index contributed by atoms with van der Waals surface area (Å²) in [6, 6.07) is 0. The van der Waals surface area contributed by atoms with Crippen molar-refractivity contribution in [1.29, 1.82) is 0 Å². The Bertz CT molecular complexity index is 509. The van der Waals surface area contributed by atoms with E-state index in [1.807, 2.05) is 0 Å². The Morgan fingerprint density at radius 3 is 2.17 bits per heavy atom. The van der Waals surface area contributed by atoms with Gasteiger partial charge in [-0.2, -0.15) is 0 Å². The summed E-state index contributed by atoms with van der Waals surface area (Å²) >= 11 is 5.70. The number of halogens is 1. The summed E-state index contributed by atoms with van der Waals surface area (Å²) in [7, 11) is 0. The van der Waals surface area contributed by atoms with Crippen LogP contribution in [-0.2, 0) is 0 Å². The van der Waals surface area contributed by atoms with Crippen LogP contribution in [0.1, 0.15) is 94.4 Å². The number of allylic oxidation sites excluding steroid dienone is 1. The molecule has 1 aromatic rings. The molecule has 0 aliphatic heterocycles. The van der Waals surface area contributed by atoms with Crippen molar-refractivity contribution in [2.24, 2.45) is 11.8 Å². The molecular weight excluding hydrogens is 316 g/mol. The molecule has 0 unspecified atom stereocenters. The maximum atomic E-state index is 5.70. The van der Waals surface area contributed by atoms with Crippen molar-refractivity contribution in [2.45, 2.75) is 83.0 Å². The summed E-state index contributed by atoms with van der Waals surface area (Å²) in [5, 5.41) is 0. The lowest BCUT2D eigenvalue weighted by atomic mass is 9.78. The SMILES string of the molecule is CCCC1CCC(c2cnc(C3CCC(/C=C/Cl)CC3)nc2)CC1. The number of aromatic nitrogens is 2. The molecule has 2 aliphatic rings. The Hall–Kier alpha value is -0.890. The van der Waals surface area contributed by atoms with Gasteiger partial charge in [0.25, 0.3) is 0 Å². The summed E-state index contributed by atoms with van der Waals surface area (Å²) in [5.41, 5.74) is 3.04. The highest BCUT2D eigenvalue weighted by atomic mass is 35.5. The fourth-order valence-electron chi connectivity index (χ4n) is 4.64. The van der Waals surface area contributed by atoms with E-state index < -0.39 is 0 Å². The van der Waals surface area contributed by atoms with E-state index in [9.17, 15) is 0 Å². The molecule has 0 saturated heterocycles. The molecule has 1 aromatic heterocycles. The zero-order chi connectivity index (χ0) is 16.8. The van der Waals surface area contributed by atoms with Crippen molar-refractivity contribution in [3.05, 3.63) is 35.4 Å². The van der Waals surface area contributed by atoms with E-state index in [0.29, 0.717) is 17.8 Å². The Morgan fingerprint density at radius 1 is 0.958 bits per heavy atom. The maximum Gasteiger partial charge on any atom is 0.131 e. The topological polar surface area (TPSA) is 25.8 Å². The Balaban J connectivity index is 1.53. The van der Waals surface area contributed by atoms with Gasteiger partial charge in [-0.3, -0.25) is 0 Å². The van der Waals surface area contributed by atoms with Crippen molar-refractivity contribution in [3.63, 3.8) is 0 Å². The van der Waals surface area contributed by atoms with Gasteiger partial charge in [0.15, 0.2) is 0 Å². The molecule has 3 rings (SSSR count). The molecule has 132 valence electrons. The van der Waals surface area contributed by atoms with Crippen LogP contribution in [0.3, 0.4) is 0 Å². The van der Waals surface area contributed by atoms with Crippen LogP contribution in [0.5, 0.6) is 0 Å².